The Labute approximate surface area is 172 Å². The van der Waals surface area contributed by atoms with Crippen molar-refractivity contribution in [3.05, 3.63) is 81.2 Å². The van der Waals surface area contributed by atoms with Gasteiger partial charge in [0, 0.05) is 29.2 Å². The van der Waals surface area contributed by atoms with Crippen molar-refractivity contribution in [1.82, 2.24) is 14.9 Å². The third kappa shape index (κ3) is 2.83. The van der Waals surface area contributed by atoms with Crippen LogP contribution in [0.3, 0.4) is 0 Å². The SMILES string of the molecule is Cc1cccc2[nH]c(C(=O)N(C)[C@@H]3CCCc4[nH]c(=O)c5cc(F)ccc5c43)cc12. The zero-order chi connectivity index (χ0) is 21.0. The first-order valence-corrected chi connectivity index (χ1v) is 10.1. The fourth-order valence-electron chi connectivity index (χ4n) is 4.71. The molecule has 0 saturated carbocycles. The second kappa shape index (κ2) is 6.83. The molecule has 2 N–H and O–H groups in total. The van der Waals surface area contributed by atoms with Crippen LogP contribution in [0.1, 0.15) is 46.2 Å². The Balaban J connectivity index is 1.60. The molecule has 1 amide bonds. The number of rotatable bonds is 2. The molecule has 5 rings (SSSR count). The minimum Gasteiger partial charge on any atom is -0.351 e. The van der Waals surface area contributed by atoms with Crippen LogP contribution < -0.4 is 5.56 Å². The molecule has 30 heavy (non-hydrogen) atoms. The summed E-state index contributed by atoms with van der Waals surface area (Å²) in [6, 6.07) is 11.9. The van der Waals surface area contributed by atoms with Crippen molar-refractivity contribution in [2.45, 2.75) is 32.2 Å². The van der Waals surface area contributed by atoms with Gasteiger partial charge in [-0.1, -0.05) is 18.2 Å². The molecule has 1 aliphatic carbocycles. The molecule has 5 nitrogen and oxygen atoms in total. The monoisotopic (exact) mass is 403 g/mol. The highest BCUT2D eigenvalue weighted by Gasteiger charge is 2.30. The first-order valence-electron chi connectivity index (χ1n) is 10.1. The molecular formula is C24H22FN3O2. The van der Waals surface area contributed by atoms with Crippen LogP contribution in [0.4, 0.5) is 4.39 Å². The minimum absolute atomic E-state index is 0.107. The van der Waals surface area contributed by atoms with E-state index in [2.05, 4.69) is 9.97 Å². The first kappa shape index (κ1) is 18.6. The van der Waals surface area contributed by atoms with Gasteiger partial charge in [-0.05, 0) is 61.4 Å². The van der Waals surface area contributed by atoms with E-state index in [9.17, 15) is 14.0 Å². The zero-order valence-electron chi connectivity index (χ0n) is 16.9. The van der Waals surface area contributed by atoms with E-state index in [0.717, 1.165) is 47.0 Å². The molecule has 0 bridgehead atoms. The maximum atomic E-state index is 13.8. The van der Waals surface area contributed by atoms with Crippen molar-refractivity contribution in [2.24, 2.45) is 0 Å². The summed E-state index contributed by atoms with van der Waals surface area (Å²) in [4.78, 5) is 33.7. The van der Waals surface area contributed by atoms with Crippen LogP contribution in [0.25, 0.3) is 21.7 Å². The summed E-state index contributed by atoms with van der Waals surface area (Å²) in [6.45, 7) is 2.02. The van der Waals surface area contributed by atoms with Crippen molar-refractivity contribution in [3.63, 3.8) is 0 Å². The van der Waals surface area contributed by atoms with Crippen LogP contribution in [0.2, 0.25) is 0 Å². The summed E-state index contributed by atoms with van der Waals surface area (Å²) in [5.74, 6) is -0.553. The predicted molar refractivity (Wildman–Crippen MR) is 115 cm³/mol. The summed E-state index contributed by atoms with van der Waals surface area (Å²) < 4.78 is 13.8. The van der Waals surface area contributed by atoms with Crippen molar-refractivity contribution < 1.29 is 9.18 Å². The average Bonchev–Trinajstić information content (AvgIpc) is 3.18. The second-order valence-electron chi connectivity index (χ2n) is 8.08. The largest absolute Gasteiger partial charge is 0.351 e. The number of aromatic nitrogens is 2. The van der Waals surface area contributed by atoms with Gasteiger partial charge in [-0.15, -0.1) is 0 Å². The normalized spacial score (nSPS) is 16.0. The number of nitrogens with zero attached hydrogens (tertiary/aromatic N) is 1. The van der Waals surface area contributed by atoms with Gasteiger partial charge >= 0.3 is 0 Å². The van der Waals surface area contributed by atoms with E-state index in [1.54, 1.807) is 18.0 Å². The Morgan fingerprint density at radius 1 is 1.10 bits per heavy atom. The van der Waals surface area contributed by atoms with Gasteiger partial charge in [-0.2, -0.15) is 0 Å². The number of carbonyl (C=O) groups is 1. The summed E-state index contributed by atoms with van der Waals surface area (Å²) in [5.41, 5.74) is 4.04. The number of benzene rings is 2. The number of H-pyrrole nitrogens is 2. The number of fused-ring (bicyclic) bond motifs is 4. The maximum Gasteiger partial charge on any atom is 0.270 e. The van der Waals surface area contributed by atoms with Crippen LogP contribution in [0.15, 0.2) is 47.3 Å². The molecule has 4 aromatic rings. The molecule has 1 atom stereocenters. The maximum absolute atomic E-state index is 13.8. The Morgan fingerprint density at radius 2 is 1.93 bits per heavy atom. The molecule has 2 aromatic carbocycles. The van der Waals surface area contributed by atoms with Gasteiger partial charge in [-0.3, -0.25) is 9.59 Å². The zero-order valence-corrected chi connectivity index (χ0v) is 16.9. The van der Waals surface area contributed by atoms with Gasteiger partial charge in [0.2, 0.25) is 0 Å². The smallest absolute Gasteiger partial charge is 0.270 e. The molecule has 0 unspecified atom stereocenters. The summed E-state index contributed by atoms with van der Waals surface area (Å²) in [6.07, 6.45) is 2.39. The number of carbonyl (C=O) groups excluding carboxylic acids is 1. The fraction of sp³-hybridized carbons (Fsp3) is 0.250. The highest BCUT2D eigenvalue weighted by Crippen LogP contribution is 2.37. The number of hydrogen-bond acceptors (Lipinski definition) is 2. The summed E-state index contributed by atoms with van der Waals surface area (Å²) in [7, 11) is 1.79. The molecule has 1 aliphatic rings. The summed E-state index contributed by atoms with van der Waals surface area (Å²) in [5, 5.41) is 2.07. The number of aryl methyl sites for hydroxylation is 2. The molecule has 0 aliphatic heterocycles. The molecule has 152 valence electrons. The van der Waals surface area contributed by atoms with Crippen molar-refractivity contribution in [1.29, 1.82) is 0 Å². The van der Waals surface area contributed by atoms with Crippen LogP contribution in [-0.2, 0) is 6.42 Å². The number of aromatic amines is 2. The number of pyridine rings is 1. The van der Waals surface area contributed by atoms with E-state index in [1.165, 1.54) is 12.1 Å². The molecule has 0 radical (unpaired) electrons. The van der Waals surface area contributed by atoms with E-state index < -0.39 is 5.82 Å². The minimum atomic E-state index is -0.446. The van der Waals surface area contributed by atoms with Gasteiger partial charge in [0.1, 0.15) is 11.5 Å². The standard InChI is InChI=1S/C24H22FN3O2/c1-13-5-3-6-18-16(13)12-20(26-18)24(30)28(2)21-8-4-7-19-22(21)15-10-9-14(25)11-17(15)23(29)27-19/h3,5-6,9-12,21,26H,4,7-8H2,1-2H3,(H,27,29)/t21-/m1/s1. The average molecular weight is 403 g/mol. The lowest BCUT2D eigenvalue weighted by molar-refractivity contribution is 0.0711. The van der Waals surface area contributed by atoms with Crippen molar-refractivity contribution in [3.8, 4) is 0 Å². The molecule has 0 fully saturated rings. The van der Waals surface area contributed by atoms with Crippen LogP contribution in [-0.4, -0.2) is 27.8 Å². The summed E-state index contributed by atoms with van der Waals surface area (Å²) >= 11 is 0. The third-order valence-corrected chi connectivity index (χ3v) is 6.24. The highest BCUT2D eigenvalue weighted by atomic mass is 19.1. The van der Waals surface area contributed by atoms with Crippen LogP contribution in [0, 0.1) is 12.7 Å². The lowest BCUT2D eigenvalue weighted by Gasteiger charge is -2.33. The van der Waals surface area contributed by atoms with Gasteiger partial charge in [0.25, 0.3) is 11.5 Å². The molecular weight excluding hydrogens is 381 g/mol. The Bertz CT molecular complexity index is 1370. The number of amides is 1. The number of nitrogens with one attached hydrogen (secondary N) is 2. The molecule has 2 heterocycles. The Hall–Kier alpha value is -3.41. The van der Waals surface area contributed by atoms with Gasteiger partial charge < -0.3 is 14.9 Å². The fourth-order valence-corrected chi connectivity index (χ4v) is 4.71. The first-order chi connectivity index (χ1) is 14.4. The molecule has 2 aromatic heterocycles. The number of hydrogen-bond donors (Lipinski definition) is 2. The van der Waals surface area contributed by atoms with E-state index in [0.29, 0.717) is 16.5 Å². The quantitative estimate of drug-likeness (QED) is 0.513. The van der Waals surface area contributed by atoms with E-state index >= 15 is 0 Å². The van der Waals surface area contributed by atoms with Gasteiger partial charge in [-0.25, -0.2) is 4.39 Å². The van der Waals surface area contributed by atoms with Crippen molar-refractivity contribution in [2.75, 3.05) is 7.05 Å². The Morgan fingerprint density at radius 3 is 2.73 bits per heavy atom. The Kier molecular flexibility index (Phi) is 4.24. The molecule has 0 spiro atoms. The van der Waals surface area contributed by atoms with Crippen molar-refractivity contribution >= 4 is 27.6 Å². The van der Waals surface area contributed by atoms with E-state index in [1.807, 2.05) is 31.2 Å². The molecule has 0 saturated heterocycles. The number of halogens is 1. The second-order valence-corrected chi connectivity index (χ2v) is 8.08. The van der Waals surface area contributed by atoms with E-state index in [4.69, 9.17) is 0 Å². The lowest BCUT2D eigenvalue weighted by Crippen LogP contribution is -2.34. The van der Waals surface area contributed by atoms with Crippen LogP contribution in [0.5, 0.6) is 0 Å². The highest BCUT2D eigenvalue weighted by molar-refractivity contribution is 5.99. The third-order valence-electron chi connectivity index (χ3n) is 6.24. The van der Waals surface area contributed by atoms with Gasteiger partial charge in [0.05, 0.1) is 11.4 Å². The van der Waals surface area contributed by atoms with Crippen LogP contribution >= 0.6 is 0 Å². The predicted octanol–water partition coefficient (Wildman–Crippen LogP) is 4.61. The van der Waals surface area contributed by atoms with Gasteiger partial charge in [0.15, 0.2) is 0 Å². The van der Waals surface area contributed by atoms with E-state index in [-0.39, 0.29) is 17.5 Å². The molecule has 6 heteroatoms. The lowest BCUT2D eigenvalue weighted by atomic mass is 9.86. The topological polar surface area (TPSA) is 69.0 Å².